The highest BCUT2D eigenvalue weighted by Gasteiger charge is 2.28. The zero-order valence-electron chi connectivity index (χ0n) is 13.2. The Labute approximate surface area is 128 Å². The summed E-state index contributed by atoms with van der Waals surface area (Å²) in [7, 11) is 0. The lowest BCUT2D eigenvalue weighted by Crippen LogP contribution is -2.46. The van der Waals surface area contributed by atoms with Gasteiger partial charge in [-0.3, -0.25) is 4.90 Å². The highest BCUT2D eigenvalue weighted by atomic mass is 16.3. The lowest BCUT2D eigenvalue weighted by Gasteiger charge is -2.37. The molecule has 2 rings (SSSR count). The second-order valence-electron chi connectivity index (χ2n) is 6.21. The maximum atomic E-state index is 10.4. The summed E-state index contributed by atoms with van der Waals surface area (Å²) >= 11 is 0. The minimum Gasteiger partial charge on any atom is -0.389 e. The van der Waals surface area contributed by atoms with Gasteiger partial charge in [-0.15, -0.1) is 0 Å². The molecular weight excluding hydrogens is 258 g/mol. The van der Waals surface area contributed by atoms with Gasteiger partial charge in [-0.1, -0.05) is 60.7 Å². The van der Waals surface area contributed by atoms with Crippen LogP contribution in [0.1, 0.15) is 31.9 Å². The van der Waals surface area contributed by atoms with Crippen LogP contribution in [0.15, 0.2) is 60.7 Å². The molecule has 0 aromatic heterocycles. The molecule has 21 heavy (non-hydrogen) atoms. The Kier molecular flexibility index (Phi) is 5.16. The molecule has 0 spiro atoms. The molecule has 1 atom stereocenters. The summed E-state index contributed by atoms with van der Waals surface area (Å²) < 4.78 is 0. The molecule has 2 aromatic rings. The summed E-state index contributed by atoms with van der Waals surface area (Å²) in [5.41, 5.74) is 1.80. The van der Waals surface area contributed by atoms with Gasteiger partial charge in [-0.2, -0.15) is 0 Å². The van der Waals surface area contributed by atoms with Crippen LogP contribution in [0.25, 0.3) is 0 Å². The molecule has 0 aliphatic rings. The molecule has 0 amide bonds. The predicted octanol–water partition coefficient (Wildman–Crippen LogP) is 3.85. The van der Waals surface area contributed by atoms with E-state index in [-0.39, 0.29) is 6.04 Å². The van der Waals surface area contributed by atoms with Gasteiger partial charge in [0, 0.05) is 19.1 Å². The largest absolute Gasteiger partial charge is 0.389 e. The minimum atomic E-state index is -0.733. The minimum absolute atomic E-state index is 0.0675. The van der Waals surface area contributed by atoms with Crippen molar-refractivity contribution in [3.8, 4) is 0 Å². The third-order valence-electron chi connectivity index (χ3n) is 4.03. The summed E-state index contributed by atoms with van der Waals surface area (Å²) in [5, 5.41) is 10.4. The van der Waals surface area contributed by atoms with E-state index in [0.717, 1.165) is 13.1 Å². The first-order chi connectivity index (χ1) is 9.97. The fourth-order valence-electron chi connectivity index (χ4n) is 2.41. The van der Waals surface area contributed by atoms with Gasteiger partial charge < -0.3 is 5.11 Å². The number of hydrogen-bond donors (Lipinski definition) is 1. The van der Waals surface area contributed by atoms with Gasteiger partial charge in [0.25, 0.3) is 0 Å². The van der Waals surface area contributed by atoms with E-state index >= 15 is 0 Å². The molecule has 0 saturated heterocycles. The summed E-state index contributed by atoms with van der Waals surface area (Å²) in [6.07, 6.45) is 0. The number of hydrogen-bond acceptors (Lipinski definition) is 2. The average Bonchev–Trinajstić information content (AvgIpc) is 2.47. The van der Waals surface area contributed by atoms with E-state index in [1.165, 1.54) is 11.1 Å². The van der Waals surface area contributed by atoms with Crippen molar-refractivity contribution in [1.29, 1.82) is 0 Å². The molecule has 112 valence electrons. The van der Waals surface area contributed by atoms with Gasteiger partial charge in [-0.25, -0.2) is 0 Å². The van der Waals surface area contributed by atoms with E-state index in [0.29, 0.717) is 0 Å². The van der Waals surface area contributed by atoms with Gasteiger partial charge >= 0.3 is 0 Å². The van der Waals surface area contributed by atoms with Gasteiger partial charge in [-0.05, 0) is 31.9 Å². The van der Waals surface area contributed by atoms with Crippen LogP contribution in [0.3, 0.4) is 0 Å². The Balaban J connectivity index is 2.18. The molecule has 0 aliphatic carbocycles. The van der Waals surface area contributed by atoms with Crippen molar-refractivity contribution in [3.63, 3.8) is 0 Å². The van der Waals surface area contributed by atoms with Crippen LogP contribution < -0.4 is 0 Å². The third-order valence-corrected chi connectivity index (χ3v) is 4.03. The fraction of sp³-hybridized carbons (Fsp3) is 0.368. The quantitative estimate of drug-likeness (QED) is 0.870. The molecule has 0 radical (unpaired) electrons. The first kappa shape index (κ1) is 15.7. The number of benzene rings is 2. The van der Waals surface area contributed by atoms with Crippen molar-refractivity contribution >= 4 is 0 Å². The SMILES string of the molecule is CC(N(Cc1ccccc1)Cc1ccccc1)C(C)(C)O. The topological polar surface area (TPSA) is 23.5 Å². The van der Waals surface area contributed by atoms with E-state index < -0.39 is 5.60 Å². The molecule has 0 fully saturated rings. The van der Waals surface area contributed by atoms with E-state index in [2.05, 4.69) is 60.4 Å². The van der Waals surface area contributed by atoms with Crippen molar-refractivity contribution in [3.05, 3.63) is 71.8 Å². The maximum Gasteiger partial charge on any atom is 0.0743 e. The second kappa shape index (κ2) is 6.88. The zero-order chi connectivity index (χ0) is 15.3. The summed E-state index contributed by atoms with van der Waals surface area (Å²) in [6.45, 7) is 7.51. The van der Waals surface area contributed by atoms with Crippen LogP contribution in [0, 0.1) is 0 Å². The lowest BCUT2D eigenvalue weighted by molar-refractivity contribution is -0.0184. The first-order valence-electron chi connectivity index (χ1n) is 7.51. The van der Waals surface area contributed by atoms with Crippen LogP contribution in [-0.2, 0) is 13.1 Å². The second-order valence-corrected chi connectivity index (χ2v) is 6.21. The first-order valence-corrected chi connectivity index (χ1v) is 7.51. The van der Waals surface area contributed by atoms with Crippen LogP contribution >= 0.6 is 0 Å². The summed E-state index contributed by atoms with van der Waals surface area (Å²) in [5.74, 6) is 0. The van der Waals surface area contributed by atoms with E-state index in [9.17, 15) is 5.11 Å². The molecule has 0 heterocycles. The summed E-state index contributed by atoms with van der Waals surface area (Å²) in [6, 6.07) is 20.9. The molecular formula is C19H25NO. The third kappa shape index (κ3) is 4.69. The number of nitrogens with zero attached hydrogens (tertiary/aromatic N) is 1. The molecule has 0 bridgehead atoms. The average molecular weight is 283 g/mol. The molecule has 1 unspecified atom stereocenters. The van der Waals surface area contributed by atoms with Crippen molar-refractivity contribution in [2.75, 3.05) is 0 Å². The maximum absolute atomic E-state index is 10.4. The normalized spacial score (nSPS) is 13.4. The van der Waals surface area contributed by atoms with Gasteiger partial charge in [0.1, 0.15) is 0 Å². The van der Waals surface area contributed by atoms with Crippen LogP contribution in [0.5, 0.6) is 0 Å². The van der Waals surface area contributed by atoms with Crippen molar-refractivity contribution in [2.45, 2.75) is 45.5 Å². The lowest BCUT2D eigenvalue weighted by atomic mass is 9.97. The molecule has 0 aliphatic heterocycles. The van der Waals surface area contributed by atoms with E-state index in [1.807, 2.05) is 26.0 Å². The van der Waals surface area contributed by atoms with Crippen molar-refractivity contribution in [1.82, 2.24) is 4.90 Å². The van der Waals surface area contributed by atoms with Gasteiger partial charge in [0.2, 0.25) is 0 Å². The predicted molar refractivity (Wildman–Crippen MR) is 87.9 cm³/mol. The van der Waals surface area contributed by atoms with Gasteiger partial charge in [0.15, 0.2) is 0 Å². The van der Waals surface area contributed by atoms with Crippen LogP contribution in [-0.4, -0.2) is 21.6 Å². The highest BCUT2D eigenvalue weighted by Crippen LogP contribution is 2.20. The Morgan fingerprint density at radius 1 is 0.857 bits per heavy atom. The Hall–Kier alpha value is -1.64. The number of aliphatic hydroxyl groups is 1. The molecule has 2 aromatic carbocycles. The van der Waals surface area contributed by atoms with Crippen molar-refractivity contribution in [2.24, 2.45) is 0 Å². The van der Waals surface area contributed by atoms with Crippen LogP contribution in [0.2, 0.25) is 0 Å². The van der Waals surface area contributed by atoms with Crippen molar-refractivity contribution < 1.29 is 5.11 Å². The van der Waals surface area contributed by atoms with Gasteiger partial charge in [0.05, 0.1) is 5.60 Å². The molecule has 2 nitrogen and oxygen atoms in total. The van der Waals surface area contributed by atoms with E-state index in [1.54, 1.807) is 0 Å². The highest BCUT2D eigenvalue weighted by molar-refractivity contribution is 5.17. The fourth-order valence-corrected chi connectivity index (χ4v) is 2.41. The smallest absolute Gasteiger partial charge is 0.0743 e. The summed E-state index contributed by atoms with van der Waals surface area (Å²) in [4.78, 5) is 2.32. The zero-order valence-corrected chi connectivity index (χ0v) is 13.2. The number of rotatable bonds is 6. The standard InChI is InChI=1S/C19H25NO/c1-16(19(2,3)21)20(14-17-10-6-4-7-11-17)15-18-12-8-5-9-13-18/h4-13,16,21H,14-15H2,1-3H3. The Morgan fingerprint density at radius 2 is 1.24 bits per heavy atom. The van der Waals surface area contributed by atoms with E-state index in [4.69, 9.17) is 0 Å². The molecule has 2 heteroatoms. The molecule has 0 saturated carbocycles. The Morgan fingerprint density at radius 3 is 1.57 bits per heavy atom. The molecule has 1 N–H and O–H groups in total. The Bertz CT molecular complexity index is 489. The monoisotopic (exact) mass is 283 g/mol. The van der Waals surface area contributed by atoms with Crippen LogP contribution in [0.4, 0.5) is 0 Å².